The number of rotatable bonds is 33. The lowest BCUT2D eigenvalue weighted by molar-refractivity contribution is -0.147. The van der Waals surface area contributed by atoms with Crippen LogP contribution in [-0.2, 0) is 14.3 Å². The molecular formula is C38H70O4. The van der Waals surface area contributed by atoms with E-state index >= 15 is 0 Å². The largest absolute Gasteiger partial charge is 0.481 e. The Balaban J connectivity index is 4.04. The maximum Gasteiger partial charge on any atom is 0.306 e. The first-order valence-corrected chi connectivity index (χ1v) is 18.3. The summed E-state index contributed by atoms with van der Waals surface area (Å²) in [4.78, 5) is 23.2. The maximum absolute atomic E-state index is 12.6. The number of aliphatic carboxylic acids is 1. The minimum atomic E-state index is -0.702. The summed E-state index contributed by atoms with van der Waals surface area (Å²) in [5.41, 5.74) is 0. The highest BCUT2D eigenvalue weighted by Gasteiger charge is 2.11. The molecule has 4 heteroatoms. The second kappa shape index (κ2) is 33.9. The van der Waals surface area contributed by atoms with Gasteiger partial charge in [0.25, 0.3) is 0 Å². The molecule has 0 saturated heterocycles. The van der Waals surface area contributed by atoms with E-state index in [1.807, 2.05) is 0 Å². The molecule has 42 heavy (non-hydrogen) atoms. The maximum atomic E-state index is 12.6. The summed E-state index contributed by atoms with van der Waals surface area (Å²) in [5, 5.41) is 8.75. The molecule has 0 spiro atoms. The van der Waals surface area contributed by atoms with Gasteiger partial charge in [0, 0.05) is 12.8 Å². The average Bonchev–Trinajstić information content (AvgIpc) is 2.97. The van der Waals surface area contributed by atoms with E-state index in [1.165, 1.54) is 103 Å². The van der Waals surface area contributed by atoms with Crippen molar-refractivity contribution >= 4 is 11.9 Å². The molecule has 0 aliphatic carbocycles. The third kappa shape index (κ3) is 32.9. The van der Waals surface area contributed by atoms with E-state index in [2.05, 4.69) is 38.2 Å². The van der Waals surface area contributed by atoms with E-state index in [-0.39, 0.29) is 18.5 Å². The fraction of sp³-hybridized carbons (Fsp3) is 0.842. The number of unbranched alkanes of at least 4 members (excludes halogenated alkanes) is 22. The average molecular weight is 591 g/mol. The van der Waals surface area contributed by atoms with Gasteiger partial charge in [-0.25, -0.2) is 0 Å². The SMILES string of the molecule is CCCCC/C=C\C/C=C\C(CCCCCCCCC(=O)O)OC(=O)CCCCCCCCCCCCCCCCC. The molecule has 0 aromatic carbocycles. The fourth-order valence-electron chi connectivity index (χ4n) is 5.43. The molecule has 0 aromatic heterocycles. The van der Waals surface area contributed by atoms with Crippen LogP contribution in [0.4, 0.5) is 0 Å². The van der Waals surface area contributed by atoms with Crippen LogP contribution in [0.5, 0.6) is 0 Å². The first-order valence-electron chi connectivity index (χ1n) is 18.3. The highest BCUT2D eigenvalue weighted by atomic mass is 16.5. The molecule has 1 unspecified atom stereocenters. The molecule has 0 fully saturated rings. The minimum absolute atomic E-state index is 0.0527. The van der Waals surface area contributed by atoms with Crippen LogP contribution in [0.2, 0.25) is 0 Å². The lowest BCUT2D eigenvalue weighted by Crippen LogP contribution is -2.16. The Bertz CT molecular complexity index is 639. The zero-order valence-electron chi connectivity index (χ0n) is 28.1. The van der Waals surface area contributed by atoms with Crippen molar-refractivity contribution in [1.82, 2.24) is 0 Å². The van der Waals surface area contributed by atoms with Crippen molar-refractivity contribution < 1.29 is 19.4 Å². The van der Waals surface area contributed by atoms with Gasteiger partial charge in [0.2, 0.25) is 0 Å². The number of hydrogen-bond acceptors (Lipinski definition) is 3. The van der Waals surface area contributed by atoms with Gasteiger partial charge in [0.15, 0.2) is 0 Å². The van der Waals surface area contributed by atoms with Gasteiger partial charge in [0.05, 0.1) is 0 Å². The number of ether oxygens (including phenoxy) is 1. The third-order valence-corrected chi connectivity index (χ3v) is 8.16. The zero-order chi connectivity index (χ0) is 30.8. The van der Waals surface area contributed by atoms with Crippen LogP contribution < -0.4 is 0 Å². The Morgan fingerprint density at radius 2 is 1.00 bits per heavy atom. The van der Waals surface area contributed by atoms with Crippen molar-refractivity contribution in [2.75, 3.05) is 0 Å². The molecule has 0 saturated carbocycles. The number of esters is 1. The Labute approximate surface area is 261 Å². The summed E-state index contributed by atoms with van der Waals surface area (Å²) in [6.07, 6.45) is 42.1. The summed E-state index contributed by atoms with van der Waals surface area (Å²) >= 11 is 0. The first-order chi connectivity index (χ1) is 20.6. The van der Waals surface area contributed by atoms with E-state index in [0.717, 1.165) is 70.6 Å². The first kappa shape index (κ1) is 40.4. The van der Waals surface area contributed by atoms with Crippen LogP contribution in [0.15, 0.2) is 24.3 Å². The summed E-state index contributed by atoms with van der Waals surface area (Å²) < 4.78 is 5.89. The molecular weight excluding hydrogens is 520 g/mol. The van der Waals surface area contributed by atoms with Gasteiger partial charge in [-0.1, -0.05) is 160 Å². The summed E-state index contributed by atoms with van der Waals surface area (Å²) in [5.74, 6) is -0.755. The van der Waals surface area contributed by atoms with Crippen molar-refractivity contribution in [3.8, 4) is 0 Å². The van der Waals surface area contributed by atoms with Crippen molar-refractivity contribution in [2.24, 2.45) is 0 Å². The van der Waals surface area contributed by atoms with Gasteiger partial charge >= 0.3 is 11.9 Å². The van der Waals surface area contributed by atoms with Crippen LogP contribution in [0, 0.1) is 0 Å². The third-order valence-electron chi connectivity index (χ3n) is 8.16. The van der Waals surface area contributed by atoms with Gasteiger partial charge in [0.1, 0.15) is 6.10 Å². The standard InChI is InChI=1S/C38H70O4/c1-3-5-7-9-11-13-14-15-16-17-18-19-21-27-31-35-38(41)42-36(32-28-24-20-12-10-8-6-4-2)33-29-25-22-23-26-30-34-37(39)40/h12,20,28,32,36H,3-11,13-19,21-27,29-31,33-35H2,1-2H3,(H,39,40)/b20-12-,32-28-. The van der Waals surface area contributed by atoms with E-state index < -0.39 is 5.97 Å². The molecule has 0 heterocycles. The molecule has 0 aromatic rings. The normalized spacial score (nSPS) is 12.4. The molecule has 0 rings (SSSR count). The molecule has 1 atom stereocenters. The van der Waals surface area contributed by atoms with Crippen molar-refractivity contribution in [3.05, 3.63) is 24.3 Å². The van der Waals surface area contributed by atoms with Crippen LogP contribution in [-0.4, -0.2) is 23.1 Å². The second-order valence-corrected chi connectivity index (χ2v) is 12.4. The second-order valence-electron chi connectivity index (χ2n) is 12.4. The Kier molecular flexibility index (Phi) is 32.6. The zero-order valence-corrected chi connectivity index (χ0v) is 28.1. The Morgan fingerprint density at radius 1 is 0.548 bits per heavy atom. The number of allylic oxidation sites excluding steroid dienone is 3. The molecule has 0 aliphatic rings. The number of carbonyl (C=O) groups is 2. The molecule has 0 aliphatic heterocycles. The smallest absolute Gasteiger partial charge is 0.306 e. The molecule has 1 N–H and O–H groups in total. The van der Waals surface area contributed by atoms with Gasteiger partial charge < -0.3 is 9.84 Å². The number of carbonyl (C=O) groups excluding carboxylic acids is 1. The molecule has 0 radical (unpaired) electrons. The Morgan fingerprint density at radius 3 is 1.52 bits per heavy atom. The van der Waals surface area contributed by atoms with E-state index in [9.17, 15) is 9.59 Å². The van der Waals surface area contributed by atoms with Crippen LogP contribution in [0.3, 0.4) is 0 Å². The minimum Gasteiger partial charge on any atom is -0.481 e. The molecule has 0 bridgehead atoms. The molecule has 246 valence electrons. The molecule has 4 nitrogen and oxygen atoms in total. The van der Waals surface area contributed by atoms with Crippen molar-refractivity contribution in [3.63, 3.8) is 0 Å². The van der Waals surface area contributed by atoms with Crippen molar-refractivity contribution in [1.29, 1.82) is 0 Å². The van der Waals surface area contributed by atoms with Crippen LogP contribution in [0.1, 0.15) is 200 Å². The summed E-state index contributed by atoms with van der Waals surface area (Å²) in [6.45, 7) is 4.51. The lowest BCUT2D eigenvalue weighted by atomic mass is 10.0. The summed E-state index contributed by atoms with van der Waals surface area (Å²) in [6, 6.07) is 0. The Hall–Kier alpha value is -1.58. The topological polar surface area (TPSA) is 63.6 Å². The predicted octanol–water partition coefficient (Wildman–Crippen LogP) is 12.4. The number of hydrogen-bond donors (Lipinski definition) is 1. The molecule has 0 amide bonds. The fourth-order valence-corrected chi connectivity index (χ4v) is 5.43. The van der Waals surface area contributed by atoms with Crippen LogP contribution >= 0.6 is 0 Å². The predicted molar refractivity (Wildman–Crippen MR) is 181 cm³/mol. The quantitative estimate of drug-likeness (QED) is 0.0469. The van der Waals surface area contributed by atoms with E-state index in [4.69, 9.17) is 9.84 Å². The van der Waals surface area contributed by atoms with Gasteiger partial charge in [-0.2, -0.15) is 0 Å². The summed E-state index contributed by atoms with van der Waals surface area (Å²) in [7, 11) is 0. The van der Waals surface area contributed by atoms with E-state index in [1.54, 1.807) is 0 Å². The lowest BCUT2D eigenvalue weighted by Gasteiger charge is -2.14. The van der Waals surface area contributed by atoms with Crippen LogP contribution in [0.25, 0.3) is 0 Å². The highest BCUT2D eigenvalue weighted by Crippen LogP contribution is 2.16. The van der Waals surface area contributed by atoms with E-state index in [0.29, 0.717) is 6.42 Å². The highest BCUT2D eigenvalue weighted by molar-refractivity contribution is 5.69. The van der Waals surface area contributed by atoms with Gasteiger partial charge in [-0.3, -0.25) is 9.59 Å². The van der Waals surface area contributed by atoms with Gasteiger partial charge in [-0.15, -0.1) is 0 Å². The van der Waals surface area contributed by atoms with Crippen molar-refractivity contribution in [2.45, 2.75) is 206 Å². The van der Waals surface area contributed by atoms with Gasteiger partial charge in [-0.05, 0) is 51.0 Å². The number of carboxylic acid groups (broad SMARTS) is 1. The monoisotopic (exact) mass is 591 g/mol. The number of carboxylic acids is 1.